The predicted octanol–water partition coefficient (Wildman–Crippen LogP) is 3.28. The van der Waals surface area contributed by atoms with E-state index in [9.17, 15) is 8.42 Å². The molecular weight excluding hydrogens is 328 g/mol. The molecule has 0 bridgehead atoms. The molecule has 0 aliphatic rings. The van der Waals surface area contributed by atoms with Crippen molar-refractivity contribution in [2.24, 2.45) is 0 Å². The maximum absolute atomic E-state index is 11.5. The van der Waals surface area contributed by atoms with E-state index < -0.39 is 15.9 Å². The molecule has 1 atom stereocenters. The van der Waals surface area contributed by atoms with Crippen LogP contribution in [0.1, 0.15) is 18.9 Å². The number of benzene rings is 2. The molecule has 0 aliphatic carbocycles. The van der Waals surface area contributed by atoms with Crippen LogP contribution in [0.15, 0.2) is 63.9 Å². The Morgan fingerprint density at radius 3 is 2.29 bits per heavy atom. The number of hydrogen-bond acceptors (Lipinski definition) is 6. The molecule has 3 aromatic rings. The summed E-state index contributed by atoms with van der Waals surface area (Å²) in [5, 5.41) is 8.03. The summed E-state index contributed by atoms with van der Waals surface area (Å²) in [6.45, 7) is 1.78. The summed E-state index contributed by atoms with van der Waals surface area (Å²) in [5.41, 5.74) is 0.834. The molecule has 0 saturated carbocycles. The van der Waals surface area contributed by atoms with Crippen LogP contribution in [-0.2, 0) is 9.84 Å². The van der Waals surface area contributed by atoms with Crippen molar-refractivity contribution in [1.29, 1.82) is 0 Å². The van der Waals surface area contributed by atoms with Crippen molar-refractivity contribution in [3.05, 3.63) is 60.5 Å². The first-order valence-electron chi connectivity index (χ1n) is 7.29. The largest absolute Gasteiger partial charge is 0.481 e. The van der Waals surface area contributed by atoms with E-state index in [2.05, 4.69) is 10.2 Å². The van der Waals surface area contributed by atoms with Crippen molar-refractivity contribution < 1.29 is 17.6 Å². The summed E-state index contributed by atoms with van der Waals surface area (Å²) in [7, 11) is -3.22. The van der Waals surface area contributed by atoms with Gasteiger partial charge in [-0.2, -0.15) is 0 Å². The molecular formula is C17H16N2O4S. The van der Waals surface area contributed by atoms with Gasteiger partial charge in [0.25, 0.3) is 5.89 Å². The maximum Gasteiger partial charge on any atom is 0.257 e. The van der Waals surface area contributed by atoms with Crippen LogP contribution in [0.2, 0.25) is 0 Å². The number of hydrogen-bond donors (Lipinski definition) is 0. The van der Waals surface area contributed by atoms with Gasteiger partial charge in [-0.1, -0.05) is 18.2 Å². The fourth-order valence-corrected chi connectivity index (χ4v) is 2.75. The van der Waals surface area contributed by atoms with E-state index in [0.717, 1.165) is 11.8 Å². The van der Waals surface area contributed by atoms with Gasteiger partial charge in [0, 0.05) is 11.8 Å². The van der Waals surface area contributed by atoms with E-state index in [1.54, 1.807) is 19.1 Å². The minimum absolute atomic E-state index is 0.242. The average molecular weight is 344 g/mol. The molecule has 2 aromatic carbocycles. The lowest BCUT2D eigenvalue weighted by Crippen LogP contribution is -2.04. The summed E-state index contributed by atoms with van der Waals surface area (Å²) in [5.74, 6) is 1.30. The van der Waals surface area contributed by atoms with Gasteiger partial charge >= 0.3 is 0 Å². The highest BCUT2D eigenvalue weighted by molar-refractivity contribution is 7.90. The zero-order valence-corrected chi connectivity index (χ0v) is 14.0. The lowest BCUT2D eigenvalue weighted by atomic mass is 10.2. The van der Waals surface area contributed by atoms with Crippen LogP contribution in [0.5, 0.6) is 5.75 Å². The molecule has 0 amide bonds. The van der Waals surface area contributed by atoms with Crippen molar-refractivity contribution in [1.82, 2.24) is 10.2 Å². The maximum atomic E-state index is 11.5. The van der Waals surface area contributed by atoms with E-state index in [-0.39, 0.29) is 4.90 Å². The highest BCUT2D eigenvalue weighted by Crippen LogP contribution is 2.25. The van der Waals surface area contributed by atoms with Crippen molar-refractivity contribution >= 4 is 9.84 Å². The quantitative estimate of drug-likeness (QED) is 0.706. The molecule has 0 N–H and O–H groups in total. The predicted molar refractivity (Wildman–Crippen MR) is 88.3 cm³/mol. The molecule has 6 nitrogen and oxygen atoms in total. The fourth-order valence-electron chi connectivity index (χ4n) is 2.12. The smallest absolute Gasteiger partial charge is 0.257 e. The summed E-state index contributed by atoms with van der Waals surface area (Å²) >= 11 is 0. The highest BCUT2D eigenvalue weighted by Gasteiger charge is 2.17. The number of rotatable bonds is 5. The van der Waals surface area contributed by atoms with Gasteiger partial charge in [-0.05, 0) is 43.3 Å². The first-order chi connectivity index (χ1) is 11.4. The monoisotopic (exact) mass is 344 g/mol. The van der Waals surface area contributed by atoms with Crippen molar-refractivity contribution in [3.8, 4) is 17.2 Å². The minimum atomic E-state index is -3.22. The Morgan fingerprint density at radius 2 is 1.67 bits per heavy atom. The van der Waals surface area contributed by atoms with Crippen LogP contribution in [0, 0.1) is 0 Å². The lowest BCUT2D eigenvalue weighted by Gasteiger charge is -2.11. The van der Waals surface area contributed by atoms with Crippen molar-refractivity contribution in [2.45, 2.75) is 17.9 Å². The van der Waals surface area contributed by atoms with E-state index in [4.69, 9.17) is 9.15 Å². The summed E-state index contributed by atoms with van der Waals surface area (Å²) in [6.07, 6.45) is 0.703. The Kier molecular flexibility index (Phi) is 4.35. The Labute approximate surface area is 140 Å². The molecule has 0 radical (unpaired) electrons. The molecule has 24 heavy (non-hydrogen) atoms. The highest BCUT2D eigenvalue weighted by atomic mass is 32.2. The van der Waals surface area contributed by atoms with Crippen molar-refractivity contribution in [3.63, 3.8) is 0 Å². The third kappa shape index (κ3) is 3.62. The second-order valence-electron chi connectivity index (χ2n) is 5.32. The molecule has 1 unspecified atom stereocenters. The first-order valence-corrected chi connectivity index (χ1v) is 9.18. The molecule has 7 heteroatoms. The Balaban J connectivity index is 1.74. The van der Waals surface area contributed by atoms with Crippen LogP contribution in [0.3, 0.4) is 0 Å². The second kappa shape index (κ2) is 6.45. The van der Waals surface area contributed by atoms with Gasteiger partial charge in [0.05, 0.1) is 4.90 Å². The third-order valence-electron chi connectivity index (χ3n) is 3.37. The molecule has 1 aromatic heterocycles. The average Bonchev–Trinajstić information content (AvgIpc) is 3.05. The van der Waals surface area contributed by atoms with Crippen LogP contribution >= 0.6 is 0 Å². The van der Waals surface area contributed by atoms with E-state index in [1.165, 1.54) is 12.1 Å². The van der Waals surface area contributed by atoms with Crippen LogP contribution in [0.4, 0.5) is 0 Å². The number of nitrogens with zero attached hydrogens (tertiary/aromatic N) is 2. The second-order valence-corrected chi connectivity index (χ2v) is 7.33. The van der Waals surface area contributed by atoms with Gasteiger partial charge in [-0.3, -0.25) is 0 Å². The minimum Gasteiger partial charge on any atom is -0.481 e. The molecule has 1 heterocycles. The van der Waals surface area contributed by atoms with Gasteiger partial charge < -0.3 is 9.15 Å². The zero-order chi connectivity index (χ0) is 17.2. The van der Waals surface area contributed by atoms with E-state index in [1.807, 2.05) is 30.3 Å². The Hall–Kier alpha value is -2.67. The molecule has 3 rings (SSSR count). The van der Waals surface area contributed by atoms with E-state index in [0.29, 0.717) is 17.5 Å². The van der Waals surface area contributed by atoms with Gasteiger partial charge in [0.15, 0.2) is 15.9 Å². The fraction of sp³-hybridized carbons (Fsp3) is 0.176. The normalized spacial score (nSPS) is 12.8. The first kappa shape index (κ1) is 16.2. The van der Waals surface area contributed by atoms with Gasteiger partial charge in [-0.15, -0.1) is 10.2 Å². The third-order valence-corrected chi connectivity index (χ3v) is 4.50. The van der Waals surface area contributed by atoms with Crippen molar-refractivity contribution in [2.75, 3.05) is 6.26 Å². The SMILES string of the molecule is CC(Oc1ccc(S(C)(=O)=O)cc1)c1nnc(-c2ccccc2)o1. The van der Waals surface area contributed by atoms with E-state index >= 15 is 0 Å². The van der Waals surface area contributed by atoms with Gasteiger partial charge in [0.1, 0.15) is 5.75 Å². The summed E-state index contributed by atoms with van der Waals surface area (Å²) in [6, 6.07) is 15.7. The summed E-state index contributed by atoms with van der Waals surface area (Å²) < 4.78 is 34.3. The zero-order valence-electron chi connectivity index (χ0n) is 13.2. The lowest BCUT2D eigenvalue weighted by molar-refractivity contribution is 0.189. The molecule has 0 fully saturated rings. The molecule has 124 valence electrons. The Morgan fingerprint density at radius 1 is 1.00 bits per heavy atom. The number of aromatic nitrogens is 2. The van der Waals surface area contributed by atoms with Gasteiger partial charge in [0.2, 0.25) is 5.89 Å². The summed E-state index contributed by atoms with van der Waals surface area (Å²) in [4.78, 5) is 0.242. The molecule has 0 aliphatic heterocycles. The molecule has 0 spiro atoms. The number of ether oxygens (including phenoxy) is 1. The van der Waals surface area contributed by atoms with Crippen LogP contribution in [-0.4, -0.2) is 24.9 Å². The Bertz CT molecular complexity index is 919. The van der Waals surface area contributed by atoms with Gasteiger partial charge in [-0.25, -0.2) is 8.42 Å². The number of sulfone groups is 1. The standard InChI is InChI=1S/C17H16N2O4S/c1-12(22-14-8-10-15(11-9-14)24(2,20)21)16-18-19-17(23-16)13-6-4-3-5-7-13/h3-12H,1-2H3. The van der Waals surface area contributed by atoms with Crippen LogP contribution < -0.4 is 4.74 Å². The molecule has 0 saturated heterocycles. The van der Waals surface area contributed by atoms with Crippen LogP contribution in [0.25, 0.3) is 11.5 Å². The topological polar surface area (TPSA) is 82.3 Å².